The third kappa shape index (κ3) is 6.45. The SMILES string of the molecule is CCNCc1cccc(NC(=O)CC(NC(C)=O)c2ccc(F)cc2F)c1. The third-order valence-corrected chi connectivity index (χ3v) is 3.89. The van der Waals surface area contributed by atoms with Crippen LogP contribution in [-0.2, 0) is 16.1 Å². The third-order valence-electron chi connectivity index (χ3n) is 3.89. The first-order valence-corrected chi connectivity index (χ1v) is 8.70. The Morgan fingerprint density at radius 3 is 2.56 bits per heavy atom. The summed E-state index contributed by atoms with van der Waals surface area (Å²) in [5, 5.41) is 8.49. The van der Waals surface area contributed by atoms with Crippen LogP contribution in [0.2, 0.25) is 0 Å². The monoisotopic (exact) mass is 375 g/mol. The lowest BCUT2D eigenvalue weighted by molar-refractivity contribution is -0.120. The van der Waals surface area contributed by atoms with Gasteiger partial charge in [-0.15, -0.1) is 0 Å². The molecule has 2 aromatic carbocycles. The fourth-order valence-corrected chi connectivity index (χ4v) is 2.69. The molecule has 0 fully saturated rings. The highest BCUT2D eigenvalue weighted by Crippen LogP contribution is 2.22. The molecule has 7 heteroatoms. The van der Waals surface area contributed by atoms with Crippen molar-refractivity contribution in [2.75, 3.05) is 11.9 Å². The van der Waals surface area contributed by atoms with E-state index in [9.17, 15) is 18.4 Å². The van der Waals surface area contributed by atoms with Gasteiger partial charge >= 0.3 is 0 Å². The van der Waals surface area contributed by atoms with Gasteiger partial charge in [-0.25, -0.2) is 8.78 Å². The smallest absolute Gasteiger partial charge is 0.226 e. The maximum Gasteiger partial charge on any atom is 0.226 e. The molecule has 144 valence electrons. The van der Waals surface area contributed by atoms with Crippen molar-refractivity contribution in [3.8, 4) is 0 Å². The minimum absolute atomic E-state index is 0.0580. The molecule has 1 unspecified atom stereocenters. The highest BCUT2D eigenvalue weighted by atomic mass is 19.1. The van der Waals surface area contributed by atoms with Crippen molar-refractivity contribution in [3.63, 3.8) is 0 Å². The summed E-state index contributed by atoms with van der Waals surface area (Å²) in [5.74, 6) is -2.34. The molecule has 0 bridgehead atoms. The molecule has 3 N–H and O–H groups in total. The highest BCUT2D eigenvalue weighted by molar-refractivity contribution is 5.91. The zero-order valence-corrected chi connectivity index (χ0v) is 15.3. The second-order valence-corrected chi connectivity index (χ2v) is 6.15. The van der Waals surface area contributed by atoms with Crippen molar-refractivity contribution in [2.45, 2.75) is 32.9 Å². The van der Waals surface area contributed by atoms with Crippen LogP contribution in [0.4, 0.5) is 14.5 Å². The van der Waals surface area contributed by atoms with Gasteiger partial charge in [0.25, 0.3) is 0 Å². The topological polar surface area (TPSA) is 70.2 Å². The van der Waals surface area contributed by atoms with Gasteiger partial charge in [0.2, 0.25) is 11.8 Å². The van der Waals surface area contributed by atoms with Crippen molar-refractivity contribution < 1.29 is 18.4 Å². The average molecular weight is 375 g/mol. The van der Waals surface area contributed by atoms with Crippen LogP contribution in [0.1, 0.15) is 37.4 Å². The largest absolute Gasteiger partial charge is 0.349 e. The van der Waals surface area contributed by atoms with Crippen LogP contribution >= 0.6 is 0 Å². The molecule has 0 saturated carbocycles. The van der Waals surface area contributed by atoms with Gasteiger partial charge in [0.05, 0.1) is 12.5 Å². The van der Waals surface area contributed by atoms with Crippen molar-refractivity contribution in [1.29, 1.82) is 0 Å². The van der Waals surface area contributed by atoms with E-state index < -0.39 is 29.5 Å². The van der Waals surface area contributed by atoms with Crippen molar-refractivity contribution in [2.24, 2.45) is 0 Å². The maximum absolute atomic E-state index is 14.1. The Balaban J connectivity index is 2.10. The lowest BCUT2D eigenvalue weighted by Crippen LogP contribution is -2.30. The molecule has 0 saturated heterocycles. The van der Waals surface area contributed by atoms with Gasteiger partial charge in [0.15, 0.2) is 0 Å². The summed E-state index contributed by atoms with van der Waals surface area (Å²) < 4.78 is 27.2. The molecule has 0 aromatic heterocycles. The van der Waals surface area contributed by atoms with Gasteiger partial charge < -0.3 is 16.0 Å². The van der Waals surface area contributed by atoms with Crippen LogP contribution < -0.4 is 16.0 Å². The second kappa shape index (κ2) is 9.78. The molecule has 0 heterocycles. The van der Waals surface area contributed by atoms with Gasteiger partial charge in [-0.2, -0.15) is 0 Å². The minimum atomic E-state index is -0.895. The maximum atomic E-state index is 14.1. The van der Waals surface area contributed by atoms with Crippen LogP contribution in [-0.4, -0.2) is 18.4 Å². The normalized spacial score (nSPS) is 11.7. The van der Waals surface area contributed by atoms with Crippen LogP contribution in [0, 0.1) is 11.6 Å². The van der Waals surface area contributed by atoms with Crippen LogP contribution in [0.15, 0.2) is 42.5 Å². The second-order valence-electron chi connectivity index (χ2n) is 6.15. The first kappa shape index (κ1) is 20.5. The zero-order valence-electron chi connectivity index (χ0n) is 15.3. The van der Waals surface area contributed by atoms with Crippen LogP contribution in [0.5, 0.6) is 0 Å². The fourth-order valence-electron chi connectivity index (χ4n) is 2.69. The Bertz CT molecular complexity index is 812. The van der Waals surface area contributed by atoms with Crippen molar-refractivity contribution in [3.05, 3.63) is 65.2 Å². The molecule has 27 heavy (non-hydrogen) atoms. The molecule has 0 aliphatic carbocycles. The quantitative estimate of drug-likeness (QED) is 0.663. The lowest BCUT2D eigenvalue weighted by atomic mass is 10.0. The number of halogens is 2. The number of amides is 2. The number of hydrogen-bond acceptors (Lipinski definition) is 3. The van der Waals surface area contributed by atoms with E-state index in [4.69, 9.17) is 0 Å². The van der Waals surface area contributed by atoms with E-state index in [1.807, 2.05) is 25.1 Å². The van der Waals surface area contributed by atoms with E-state index in [0.717, 1.165) is 24.2 Å². The molecule has 0 aliphatic rings. The summed E-state index contributed by atoms with van der Waals surface area (Å²) >= 11 is 0. The van der Waals surface area contributed by atoms with Crippen molar-refractivity contribution >= 4 is 17.5 Å². The van der Waals surface area contributed by atoms with E-state index in [0.29, 0.717) is 12.2 Å². The summed E-state index contributed by atoms with van der Waals surface area (Å²) in [4.78, 5) is 23.9. The molecule has 2 rings (SSSR count). The van der Waals surface area contributed by atoms with E-state index in [1.165, 1.54) is 13.0 Å². The van der Waals surface area contributed by atoms with Gasteiger partial charge in [-0.05, 0) is 30.3 Å². The Kier molecular flexibility index (Phi) is 7.43. The zero-order chi connectivity index (χ0) is 19.8. The van der Waals surface area contributed by atoms with E-state index in [-0.39, 0.29) is 12.0 Å². The average Bonchev–Trinajstić information content (AvgIpc) is 2.59. The predicted octanol–water partition coefficient (Wildman–Crippen LogP) is 3.28. The number of anilines is 1. The molecule has 0 radical (unpaired) electrons. The number of benzene rings is 2. The molecule has 0 spiro atoms. The number of carbonyl (C=O) groups is 2. The van der Waals surface area contributed by atoms with Gasteiger partial charge in [0, 0.05) is 30.8 Å². The Morgan fingerprint density at radius 1 is 1.11 bits per heavy atom. The number of carbonyl (C=O) groups excluding carboxylic acids is 2. The van der Waals surface area contributed by atoms with Gasteiger partial charge in [-0.1, -0.05) is 25.1 Å². The Hall–Kier alpha value is -2.80. The number of nitrogens with one attached hydrogen (secondary N) is 3. The summed E-state index contributed by atoms with van der Waals surface area (Å²) in [6.45, 7) is 4.78. The van der Waals surface area contributed by atoms with Crippen LogP contribution in [0.3, 0.4) is 0 Å². The summed E-state index contributed by atoms with van der Waals surface area (Å²) in [6.07, 6.45) is -0.181. The van der Waals surface area contributed by atoms with E-state index >= 15 is 0 Å². The summed E-state index contributed by atoms with van der Waals surface area (Å²) in [5.41, 5.74) is 1.68. The number of rotatable bonds is 8. The lowest BCUT2D eigenvalue weighted by Gasteiger charge is -2.19. The number of hydrogen-bond donors (Lipinski definition) is 3. The van der Waals surface area contributed by atoms with Crippen LogP contribution in [0.25, 0.3) is 0 Å². The first-order valence-electron chi connectivity index (χ1n) is 8.70. The molecule has 2 aromatic rings. The first-order chi connectivity index (χ1) is 12.9. The molecular formula is C20H23F2N3O2. The molecule has 2 amide bonds. The summed E-state index contributed by atoms with van der Waals surface area (Å²) in [6, 6.07) is 9.51. The minimum Gasteiger partial charge on any atom is -0.349 e. The fraction of sp³-hybridized carbons (Fsp3) is 0.300. The Labute approximate surface area is 157 Å². The molecule has 0 aliphatic heterocycles. The molecular weight excluding hydrogens is 352 g/mol. The summed E-state index contributed by atoms with van der Waals surface area (Å²) in [7, 11) is 0. The molecule has 1 atom stereocenters. The van der Waals surface area contributed by atoms with Crippen molar-refractivity contribution in [1.82, 2.24) is 10.6 Å². The Morgan fingerprint density at radius 2 is 1.89 bits per heavy atom. The molecule has 5 nitrogen and oxygen atoms in total. The van der Waals surface area contributed by atoms with Gasteiger partial charge in [-0.3, -0.25) is 9.59 Å². The van der Waals surface area contributed by atoms with E-state index in [2.05, 4.69) is 16.0 Å². The standard InChI is InChI=1S/C20H23F2N3O2/c1-3-23-12-14-5-4-6-16(9-14)25-20(27)11-19(24-13(2)26)17-8-7-15(21)10-18(17)22/h4-10,19,23H,3,11-12H2,1-2H3,(H,24,26)(H,25,27). The highest BCUT2D eigenvalue weighted by Gasteiger charge is 2.21. The van der Waals surface area contributed by atoms with Gasteiger partial charge in [0.1, 0.15) is 11.6 Å². The predicted molar refractivity (Wildman–Crippen MR) is 100.0 cm³/mol. The van der Waals surface area contributed by atoms with E-state index in [1.54, 1.807) is 6.07 Å².